The van der Waals surface area contributed by atoms with Gasteiger partial charge in [-0.15, -0.1) is 0 Å². The molecule has 1 unspecified atom stereocenters. The molecule has 0 bridgehead atoms. The third-order valence-electron chi connectivity index (χ3n) is 0.204. The van der Waals surface area contributed by atoms with Crippen molar-refractivity contribution < 1.29 is 28.0 Å². The zero-order valence-corrected chi connectivity index (χ0v) is 6.59. The van der Waals surface area contributed by atoms with Gasteiger partial charge in [0.1, 0.15) is 0 Å². The van der Waals surface area contributed by atoms with Gasteiger partial charge in [-0.1, -0.05) is 0 Å². The number of quaternary nitrogens is 1. The van der Waals surface area contributed by atoms with Gasteiger partial charge in [-0.3, -0.25) is 4.18 Å². The Morgan fingerprint density at radius 2 is 1.80 bits per heavy atom. The molecule has 0 rings (SSSR count). The maximum Gasteiger partial charge on any atom is 0.217 e. The molecule has 0 aliphatic heterocycles. The fraction of sp³-hybridized carbons (Fsp3) is 1.00. The highest BCUT2D eigenvalue weighted by atomic mass is 32.3. The molecule has 0 amide bonds. The molecule has 0 spiro atoms. The number of hydrogen-bond donors (Lipinski definition) is 2. The van der Waals surface area contributed by atoms with Gasteiger partial charge in [0.2, 0.25) is 10.4 Å². The summed E-state index contributed by atoms with van der Waals surface area (Å²) in [4.78, 5) is 0. The molecule has 1 atom stereocenters. The molecule has 6 nitrogen and oxygen atoms in total. The summed E-state index contributed by atoms with van der Waals surface area (Å²) >= 11 is 0. The fourth-order valence-electron chi connectivity index (χ4n) is 0. The van der Waals surface area contributed by atoms with Gasteiger partial charge in [-0.05, 0) is 0 Å². The zero-order chi connectivity index (χ0) is 8.78. The second kappa shape index (κ2) is 5.57. The SMILES string of the molecule is CC([NH3+])O.COS(=O)(=O)[O-]. The summed E-state index contributed by atoms with van der Waals surface area (Å²) in [7, 11) is -3.60. The van der Waals surface area contributed by atoms with Crippen LogP contribution < -0.4 is 5.73 Å². The predicted octanol–water partition coefficient (Wildman–Crippen LogP) is -2.34. The lowest BCUT2D eigenvalue weighted by molar-refractivity contribution is -0.475. The van der Waals surface area contributed by atoms with E-state index in [-0.39, 0.29) is 0 Å². The number of aliphatic hydroxyl groups excluding tert-OH is 1. The second-order valence-corrected chi connectivity index (χ2v) is 2.57. The fourth-order valence-corrected chi connectivity index (χ4v) is 0. The molecule has 0 fully saturated rings. The Hall–Kier alpha value is -0.210. The summed E-state index contributed by atoms with van der Waals surface area (Å²) in [5.41, 5.74) is 3.19. The van der Waals surface area contributed by atoms with Crippen molar-refractivity contribution in [3.05, 3.63) is 0 Å². The lowest BCUT2D eigenvalue weighted by atomic mass is 10.7. The average Bonchev–Trinajstić information content (AvgIpc) is 1.63. The van der Waals surface area contributed by atoms with Gasteiger partial charge >= 0.3 is 0 Å². The molecule has 0 saturated heterocycles. The summed E-state index contributed by atoms with van der Waals surface area (Å²) in [6, 6.07) is 0. The van der Waals surface area contributed by atoms with E-state index in [0.717, 1.165) is 7.11 Å². The zero-order valence-electron chi connectivity index (χ0n) is 5.77. The maximum atomic E-state index is 9.22. The van der Waals surface area contributed by atoms with Crippen LogP contribution in [0.3, 0.4) is 0 Å². The van der Waals surface area contributed by atoms with Gasteiger partial charge in [0.15, 0.2) is 6.23 Å². The summed E-state index contributed by atoms with van der Waals surface area (Å²) in [5.74, 6) is 0. The highest BCUT2D eigenvalue weighted by Crippen LogP contribution is 1.74. The first kappa shape index (κ1) is 12.5. The molecule has 0 aromatic carbocycles. The first-order valence-electron chi connectivity index (χ1n) is 2.32. The smallest absolute Gasteiger partial charge is 0.217 e. The van der Waals surface area contributed by atoms with E-state index in [1.54, 1.807) is 6.92 Å². The van der Waals surface area contributed by atoms with Gasteiger partial charge < -0.3 is 15.4 Å². The standard InChI is InChI=1S/C2H7NO.CH4O4S/c1-2(3)4;1-5-6(2,3)4/h2,4H,3H2,1H3;1H3,(H,2,3,4). The second-order valence-electron chi connectivity index (χ2n) is 1.42. The quantitative estimate of drug-likeness (QED) is 0.262. The Labute approximate surface area is 59.6 Å². The predicted molar refractivity (Wildman–Crippen MR) is 31.3 cm³/mol. The van der Waals surface area contributed by atoms with E-state index >= 15 is 0 Å². The Bertz CT molecular complexity index is 148. The van der Waals surface area contributed by atoms with Crippen LogP contribution in [-0.2, 0) is 14.6 Å². The monoisotopic (exact) mass is 173 g/mol. The Kier molecular flexibility index (Phi) is 6.94. The minimum Gasteiger partial charge on any atom is -0.726 e. The van der Waals surface area contributed by atoms with E-state index in [1.165, 1.54) is 0 Å². The number of hydrogen-bond acceptors (Lipinski definition) is 5. The Morgan fingerprint density at radius 3 is 1.80 bits per heavy atom. The third kappa shape index (κ3) is 46.1. The molecule has 0 aliphatic rings. The van der Waals surface area contributed by atoms with Crippen LogP contribution in [-0.4, -0.2) is 31.4 Å². The van der Waals surface area contributed by atoms with Crippen molar-refractivity contribution in [2.75, 3.05) is 7.11 Å². The molecule has 0 aromatic rings. The van der Waals surface area contributed by atoms with Gasteiger partial charge in [-0.2, -0.15) is 0 Å². The van der Waals surface area contributed by atoms with E-state index in [9.17, 15) is 13.0 Å². The topological polar surface area (TPSA) is 114 Å². The van der Waals surface area contributed by atoms with Crippen LogP contribution in [0.15, 0.2) is 0 Å². The van der Waals surface area contributed by atoms with E-state index in [1.807, 2.05) is 0 Å². The van der Waals surface area contributed by atoms with Crippen molar-refractivity contribution in [2.45, 2.75) is 13.2 Å². The van der Waals surface area contributed by atoms with Gasteiger partial charge in [-0.25, -0.2) is 8.42 Å². The molecule has 10 heavy (non-hydrogen) atoms. The van der Waals surface area contributed by atoms with Crippen molar-refractivity contribution in [3.63, 3.8) is 0 Å². The lowest BCUT2D eigenvalue weighted by Gasteiger charge is -1.98. The molecule has 7 heteroatoms. The minimum absolute atomic E-state index is 0.417. The summed E-state index contributed by atoms with van der Waals surface area (Å²) in [6.45, 7) is 1.61. The summed E-state index contributed by atoms with van der Waals surface area (Å²) < 4.78 is 31.0. The Balaban J connectivity index is 0. The molecule has 0 saturated carbocycles. The number of aliphatic hydroxyl groups is 1. The molecule has 0 aromatic heterocycles. The molecule has 4 N–H and O–H groups in total. The van der Waals surface area contributed by atoms with Crippen LogP contribution in [0.25, 0.3) is 0 Å². The maximum absolute atomic E-state index is 9.22. The van der Waals surface area contributed by atoms with Crippen LogP contribution >= 0.6 is 0 Å². The van der Waals surface area contributed by atoms with Crippen LogP contribution in [0.2, 0.25) is 0 Å². The molecule has 64 valence electrons. The van der Waals surface area contributed by atoms with E-state index in [4.69, 9.17) is 5.11 Å². The van der Waals surface area contributed by atoms with Crippen LogP contribution in [0.1, 0.15) is 6.92 Å². The highest BCUT2D eigenvalue weighted by molar-refractivity contribution is 7.80. The van der Waals surface area contributed by atoms with Crippen LogP contribution in [0, 0.1) is 0 Å². The van der Waals surface area contributed by atoms with Gasteiger partial charge in [0, 0.05) is 6.92 Å². The Morgan fingerprint density at radius 1 is 1.70 bits per heavy atom. The lowest BCUT2D eigenvalue weighted by Crippen LogP contribution is -2.58. The van der Waals surface area contributed by atoms with Crippen molar-refractivity contribution in [3.8, 4) is 0 Å². The molecular formula is C3H11NO5S. The van der Waals surface area contributed by atoms with Crippen molar-refractivity contribution >= 4 is 10.4 Å². The molecule has 0 aliphatic carbocycles. The van der Waals surface area contributed by atoms with Crippen LogP contribution in [0.4, 0.5) is 0 Å². The minimum atomic E-state index is -4.41. The third-order valence-corrected chi connectivity index (χ3v) is 0.612. The molecular weight excluding hydrogens is 162 g/mol. The normalized spacial score (nSPS) is 13.3. The van der Waals surface area contributed by atoms with Crippen molar-refractivity contribution in [2.24, 2.45) is 0 Å². The number of rotatable bonds is 1. The average molecular weight is 173 g/mol. The van der Waals surface area contributed by atoms with E-state index in [0.29, 0.717) is 0 Å². The summed E-state index contributed by atoms with van der Waals surface area (Å²) in [5, 5.41) is 7.94. The van der Waals surface area contributed by atoms with Gasteiger partial charge in [0.05, 0.1) is 7.11 Å². The van der Waals surface area contributed by atoms with E-state index in [2.05, 4.69) is 9.92 Å². The molecule has 0 radical (unpaired) electrons. The van der Waals surface area contributed by atoms with Gasteiger partial charge in [0.25, 0.3) is 0 Å². The summed E-state index contributed by atoms with van der Waals surface area (Å²) in [6.07, 6.45) is -0.417. The molecule has 0 heterocycles. The first-order valence-corrected chi connectivity index (χ1v) is 3.65. The highest BCUT2D eigenvalue weighted by Gasteiger charge is 1.79. The van der Waals surface area contributed by atoms with Crippen molar-refractivity contribution in [1.82, 2.24) is 0 Å². The largest absolute Gasteiger partial charge is 0.726 e. The van der Waals surface area contributed by atoms with E-state index < -0.39 is 16.6 Å². The van der Waals surface area contributed by atoms with Crippen LogP contribution in [0.5, 0.6) is 0 Å². The first-order chi connectivity index (χ1) is 4.29. The van der Waals surface area contributed by atoms with Crippen molar-refractivity contribution in [1.29, 1.82) is 0 Å².